The van der Waals surface area contributed by atoms with Crippen LogP contribution < -0.4 is 5.73 Å². The normalized spacial score (nSPS) is 10.8. The molecule has 3 nitrogen and oxygen atoms in total. The predicted octanol–water partition coefficient (Wildman–Crippen LogP) is 1.91. The van der Waals surface area contributed by atoms with E-state index in [1.165, 1.54) is 12.1 Å². The maximum Gasteiger partial charge on any atom is 0.124 e. The van der Waals surface area contributed by atoms with Gasteiger partial charge in [-0.25, -0.2) is 4.39 Å². The first kappa shape index (κ1) is 17.6. The third-order valence-corrected chi connectivity index (χ3v) is 3.32. The van der Waals surface area contributed by atoms with E-state index in [1.54, 1.807) is 0 Å². The highest BCUT2D eigenvalue weighted by molar-refractivity contribution is 5.41. The number of rotatable bonds is 7. The van der Waals surface area contributed by atoms with Gasteiger partial charge in [-0.3, -0.25) is 4.90 Å². The van der Waals surface area contributed by atoms with Gasteiger partial charge in [0.05, 0.1) is 6.54 Å². The summed E-state index contributed by atoms with van der Waals surface area (Å²) in [4.78, 5) is 4.54. The summed E-state index contributed by atoms with van der Waals surface area (Å²) in [5, 5.41) is 0. The Bertz CT molecular complexity index is 489. The molecule has 1 aromatic carbocycles. The van der Waals surface area contributed by atoms with E-state index in [1.807, 2.05) is 6.07 Å². The lowest BCUT2D eigenvalue weighted by molar-refractivity contribution is 0.259. The van der Waals surface area contributed by atoms with Crippen LogP contribution in [0.25, 0.3) is 0 Å². The van der Waals surface area contributed by atoms with Gasteiger partial charge >= 0.3 is 0 Å². The van der Waals surface area contributed by atoms with Gasteiger partial charge in [0.15, 0.2) is 0 Å². The van der Waals surface area contributed by atoms with Crippen molar-refractivity contribution in [3.05, 3.63) is 35.1 Å². The van der Waals surface area contributed by atoms with Gasteiger partial charge in [-0.1, -0.05) is 24.8 Å². The first-order chi connectivity index (χ1) is 10.1. The second-order valence-corrected chi connectivity index (χ2v) is 5.33. The minimum absolute atomic E-state index is 0.254. The lowest BCUT2D eigenvalue weighted by Gasteiger charge is -2.22. The Labute approximate surface area is 127 Å². The molecule has 0 aliphatic rings. The van der Waals surface area contributed by atoms with Crippen molar-refractivity contribution >= 4 is 0 Å². The summed E-state index contributed by atoms with van der Waals surface area (Å²) in [5.74, 6) is 5.52. The molecule has 0 aromatic heterocycles. The second-order valence-electron chi connectivity index (χ2n) is 5.33. The lowest BCUT2D eigenvalue weighted by atomic mass is 10.1. The van der Waals surface area contributed by atoms with E-state index < -0.39 is 0 Å². The van der Waals surface area contributed by atoms with Crippen molar-refractivity contribution < 1.29 is 4.39 Å². The average Bonchev–Trinajstić information content (AvgIpc) is 2.45. The summed E-state index contributed by atoms with van der Waals surface area (Å²) in [6, 6.07) is 4.81. The number of nitrogens with zero attached hydrogens (tertiary/aromatic N) is 2. The van der Waals surface area contributed by atoms with Crippen molar-refractivity contribution in [2.45, 2.75) is 19.9 Å². The third-order valence-electron chi connectivity index (χ3n) is 3.32. The minimum atomic E-state index is -0.254. The van der Waals surface area contributed by atoms with Crippen LogP contribution in [0.4, 0.5) is 4.39 Å². The van der Waals surface area contributed by atoms with Crippen LogP contribution in [-0.2, 0) is 6.54 Å². The number of benzene rings is 1. The molecule has 1 aromatic rings. The van der Waals surface area contributed by atoms with Crippen molar-refractivity contribution in [3.63, 3.8) is 0 Å². The fraction of sp³-hybridized carbons (Fsp3) is 0.529. The fourth-order valence-corrected chi connectivity index (χ4v) is 2.15. The Morgan fingerprint density at radius 2 is 2.00 bits per heavy atom. The quantitative estimate of drug-likeness (QED) is 0.779. The van der Waals surface area contributed by atoms with Gasteiger partial charge in [0.1, 0.15) is 5.82 Å². The molecule has 0 fully saturated rings. The van der Waals surface area contributed by atoms with Crippen molar-refractivity contribution in [2.75, 3.05) is 40.3 Å². The molecule has 0 aliphatic carbocycles. The van der Waals surface area contributed by atoms with E-state index >= 15 is 0 Å². The average molecular weight is 291 g/mol. The van der Waals surface area contributed by atoms with E-state index in [-0.39, 0.29) is 12.4 Å². The Kier molecular flexibility index (Phi) is 7.99. The van der Waals surface area contributed by atoms with Crippen LogP contribution in [0.5, 0.6) is 0 Å². The SMILES string of the molecule is CCN(CCCN(C)C)Cc1ccc(F)cc1C#CCN. The smallest absolute Gasteiger partial charge is 0.124 e. The fourth-order valence-electron chi connectivity index (χ4n) is 2.15. The van der Waals surface area contributed by atoms with Crippen LogP contribution in [0.15, 0.2) is 18.2 Å². The van der Waals surface area contributed by atoms with Crippen molar-refractivity contribution in [3.8, 4) is 11.8 Å². The maximum atomic E-state index is 13.4. The van der Waals surface area contributed by atoms with Gasteiger partial charge in [-0.2, -0.15) is 0 Å². The predicted molar refractivity (Wildman–Crippen MR) is 86.5 cm³/mol. The highest BCUT2D eigenvalue weighted by Gasteiger charge is 2.08. The van der Waals surface area contributed by atoms with Crippen LogP contribution in [0.1, 0.15) is 24.5 Å². The van der Waals surface area contributed by atoms with Gasteiger partial charge in [-0.15, -0.1) is 0 Å². The summed E-state index contributed by atoms with van der Waals surface area (Å²) in [6.45, 7) is 6.28. The van der Waals surface area contributed by atoms with E-state index in [9.17, 15) is 4.39 Å². The molecule has 0 bridgehead atoms. The molecule has 4 heteroatoms. The van der Waals surface area contributed by atoms with Gasteiger partial charge < -0.3 is 10.6 Å². The summed E-state index contributed by atoms with van der Waals surface area (Å²) in [6.07, 6.45) is 1.12. The van der Waals surface area contributed by atoms with E-state index in [0.29, 0.717) is 0 Å². The molecule has 21 heavy (non-hydrogen) atoms. The molecule has 116 valence electrons. The van der Waals surface area contributed by atoms with Gasteiger partial charge in [-0.05, 0) is 57.8 Å². The Morgan fingerprint density at radius 3 is 2.62 bits per heavy atom. The lowest BCUT2D eigenvalue weighted by Crippen LogP contribution is -2.27. The first-order valence-corrected chi connectivity index (χ1v) is 7.41. The first-order valence-electron chi connectivity index (χ1n) is 7.41. The molecule has 0 amide bonds. The molecule has 1 rings (SSSR count). The molecule has 0 aliphatic heterocycles. The van der Waals surface area contributed by atoms with Crippen molar-refractivity contribution in [1.82, 2.24) is 9.80 Å². The second kappa shape index (κ2) is 9.51. The standard InChI is InChI=1S/C17H26FN3/c1-4-21(12-6-11-20(2)3)14-16-8-9-17(18)13-15(16)7-5-10-19/h8-9,13H,4,6,10-12,14,19H2,1-3H3. The third kappa shape index (κ3) is 6.72. The Balaban J connectivity index is 2.74. The van der Waals surface area contributed by atoms with E-state index in [2.05, 4.69) is 42.7 Å². The molecule has 0 saturated heterocycles. The number of hydrogen-bond acceptors (Lipinski definition) is 3. The summed E-state index contributed by atoms with van der Waals surface area (Å²) >= 11 is 0. The molecule has 0 unspecified atom stereocenters. The molecule has 0 atom stereocenters. The van der Waals surface area contributed by atoms with Gasteiger partial charge in [0.2, 0.25) is 0 Å². The Hall–Kier alpha value is -1.41. The zero-order chi connectivity index (χ0) is 15.7. The van der Waals surface area contributed by atoms with Crippen LogP contribution in [0, 0.1) is 17.7 Å². The molecular formula is C17H26FN3. The topological polar surface area (TPSA) is 32.5 Å². The largest absolute Gasteiger partial charge is 0.320 e. The summed E-state index contributed by atoms with van der Waals surface area (Å²) < 4.78 is 13.4. The monoisotopic (exact) mass is 291 g/mol. The maximum absolute atomic E-state index is 13.4. The zero-order valence-corrected chi connectivity index (χ0v) is 13.3. The molecule has 0 saturated carbocycles. The summed E-state index contributed by atoms with van der Waals surface area (Å²) in [5.41, 5.74) is 7.20. The van der Waals surface area contributed by atoms with Crippen LogP contribution in [-0.4, -0.2) is 50.1 Å². The molecule has 0 spiro atoms. The van der Waals surface area contributed by atoms with E-state index in [0.717, 1.165) is 43.7 Å². The number of hydrogen-bond donors (Lipinski definition) is 1. The minimum Gasteiger partial charge on any atom is -0.320 e. The van der Waals surface area contributed by atoms with Crippen LogP contribution in [0.3, 0.4) is 0 Å². The van der Waals surface area contributed by atoms with Crippen LogP contribution >= 0.6 is 0 Å². The molecular weight excluding hydrogens is 265 g/mol. The zero-order valence-electron chi connectivity index (χ0n) is 13.3. The van der Waals surface area contributed by atoms with Crippen molar-refractivity contribution in [1.29, 1.82) is 0 Å². The van der Waals surface area contributed by atoms with Crippen molar-refractivity contribution in [2.24, 2.45) is 5.73 Å². The Morgan fingerprint density at radius 1 is 1.24 bits per heavy atom. The molecule has 2 N–H and O–H groups in total. The summed E-state index contributed by atoms with van der Waals surface area (Å²) in [7, 11) is 4.16. The van der Waals surface area contributed by atoms with E-state index in [4.69, 9.17) is 5.73 Å². The number of nitrogens with two attached hydrogens (primary N) is 1. The highest BCUT2D eigenvalue weighted by Crippen LogP contribution is 2.13. The van der Waals surface area contributed by atoms with Crippen LogP contribution in [0.2, 0.25) is 0 Å². The molecule has 0 heterocycles. The van der Waals surface area contributed by atoms with Gasteiger partial charge in [0.25, 0.3) is 0 Å². The highest BCUT2D eigenvalue weighted by atomic mass is 19.1. The molecule has 0 radical (unpaired) electrons. The van der Waals surface area contributed by atoms with Gasteiger partial charge in [0, 0.05) is 12.1 Å². The number of halogens is 1.